The molecule has 66 valence electrons. The van der Waals surface area contributed by atoms with Crippen LogP contribution in [0, 0.1) is 5.92 Å². The van der Waals surface area contributed by atoms with Gasteiger partial charge in [0.2, 0.25) is 5.13 Å². The average molecular weight is 194 g/mol. The van der Waals surface area contributed by atoms with Crippen LogP contribution in [-0.4, -0.2) is 16.5 Å². The summed E-state index contributed by atoms with van der Waals surface area (Å²) in [7, 11) is 0. The second-order valence-electron chi connectivity index (χ2n) is 2.35. The molecule has 0 saturated heterocycles. The fourth-order valence-corrected chi connectivity index (χ4v) is 1.04. The van der Waals surface area contributed by atoms with E-state index in [1.807, 2.05) is 0 Å². The summed E-state index contributed by atoms with van der Waals surface area (Å²) < 4.78 is 25.7. The van der Waals surface area contributed by atoms with Gasteiger partial charge >= 0.3 is 0 Å². The van der Waals surface area contributed by atoms with Crippen LogP contribution in [0.4, 0.5) is 8.78 Å². The van der Waals surface area contributed by atoms with Gasteiger partial charge in [-0.05, 0) is 18.2 Å². The summed E-state index contributed by atoms with van der Waals surface area (Å²) in [4.78, 5) is 0. The second kappa shape index (κ2) is 3.23. The first-order valence-electron chi connectivity index (χ1n) is 3.18. The van der Waals surface area contributed by atoms with E-state index in [1.165, 1.54) is 0 Å². The third-order valence-corrected chi connectivity index (χ3v) is 1.85. The average Bonchev–Trinajstić information content (AvgIpc) is 1.98. The SMILES string of the molecule is ON=C[C@H]1C=C(F)C=C[C@]1(F)Cl. The van der Waals surface area contributed by atoms with Crippen LogP contribution in [0.1, 0.15) is 0 Å². The summed E-state index contributed by atoms with van der Waals surface area (Å²) >= 11 is 5.32. The Kier molecular flexibility index (Phi) is 2.47. The number of hydrogen-bond acceptors (Lipinski definition) is 2. The fraction of sp³-hybridized carbons (Fsp3) is 0.286. The lowest BCUT2D eigenvalue weighted by molar-refractivity contribution is 0.291. The lowest BCUT2D eigenvalue weighted by Gasteiger charge is -2.21. The van der Waals surface area contributed by atoms with Gasteiger partial charge in [-0.3, -0.25) is 0 Å². The maximum Gasteiger partial charge on any atom is 0.213 e. The smallest absolute Gasteiger partial charge is 0.213 e. The van der Waals surface area contributed by atoms with Crippen molar-refractivity contribution in [1.82, 2.24) is 0 Å². The predicted molar refractivity (Wildman–Crippen MR) is 41.8 cm³/mol. The predicted octanol–water partition coefficient (Wildman–Crippen LogP) is 2.39. The largest absolute Gasteiger partial charge is 0.411 e. The fourth-order valence-electron chi connectivity index (χ4n) is 0.854. The zero-order valence-corrected chi connectivity index (χ0v) is 6.67. The van der Waals surface area contributed by atoms with Gasteiger partial charge in [-0.2, -0.15) is 0 Å². The lowest BCUT2D eigenvalue weighted by atomic mass is 9.99. The zero-order valence-electron chi connectivity index (χ0n) is 5.92. The molecule has 0 fully saturated rings. The van der Waals surface area contributed by atoms with E-state index in [2.05, 4.69) is 5.16 Å². The molecule has 1 N–H and O–H groups in total. The maximum atomic E-state index is 13.2. The van der Waals surface area contributed by atoms with Gasteiger partial charge < -0.3 is 5.21 Å². The van der Waals surface area contributed by atoms with Crippen LogP contribution in [-0.2, 0) is 0 Å². The summed E-state index contributed by atoms with van der Waals surface area (Å²) in [5, 5.41) is 8.49. The highest BCUT2D eigenvalue weighted by atomic mass is 35.5. The van der Waals surface area contributed by atoms with Gasteiger partial charge in [0.1, 0.15) is 5.83 Å². The van der Waals surface area contributed by atoms with Crippen LogP contribution in [0.5, 0.6) is 0 Å². The molecule has 0 spiro atoms. The summed E-state index contributed by atoms with van der Waals surface area (Å²) in [6, 6.07) is 0. The molecule has 0 heterocycles. The molecule has 1 rings (SSSR count). The van der Waals surface area contributed by atoms with E-state index >= 15 is 0 Å². The summed E-state index contributed by atoms with van der Waals surface area (Å²) in [5.74, 6) is -1.68. The molecular formula is C7H6ClF2NO. The zero-order chi connectivity index (χ0) is 9.19. The van der Waals surface area contributed by atoms with Crippen molar-refractivity contribution in [3.8, 4) is 0 Å². The molecule has 2 nitrogen and oxygen atoms in total. The summed E-state index contributed by atoms with van der Waals surface area (Å²) in [5.41, 5.74) is 0. The van der Waals surface area contributed by atoms with Gasteiger partial charge in [-0.15, -0.1) is 5.16 Å². The normalized spacial score (nSPS) is 35.6. The van der Waals surface area contributed by atoms with Gasteiger partial charge in [0, 0.05) is 0 Å². The van der Waals surface area contributed by atoms with Crippen molar-refractivity contribution < 1.29 is 14.0 Å². The van der Waals surface area contributed by atoms with E-state index < -0.39 is 16.9 Å². The Labute approximate surface area is 72.8 Å². The number of halogens is 3. The Morgan fingerprint density at radius 3 is 3.00 bits per heavy atom. The number of alkyl halides is 2. The number of oxime groups is 1. The van der Waals surface area contributed by atoms with E-state index in [0.717, 1.165) is 24.4 Å². The van der Waals surface area contributed by atoms with Crippen molar-refractivity contribution in [3.05, 3.63) is 24.1 Å². The monoisotopic (exact) mass is 193 g/mol. The van der Waals surface area contributed by atoms with Crippen molar-refractivity contribution >= 4 is 17.8 Å². The highest BCUT2D eigenvalue weighted by Crippen LogP contribution is 2.33. The molecular weight excluding hydrogens is 188 g/mol. The first-order chi connectivity index (χ1) is 5.56. The van der Waals surface area contributed by atoms with Crippen LogP contribution >= 0.6 is 11.6 Å². The van der Waals surface area contributed by atoms with Gasteiger partial charge in [0.25, 0.3) is 0 Å². The van der Waals surface area contributed by atoms with Crippen molar-refractivity contribution in [3.63, 3.8) is 0 Å². The van der Waals surface area contributed by atoms with E-state index in [1.54, 1.807) is 0 Å². The standard InChI is InChI=1S/C7H6ClF2NO/c8-7(10)2-1-6(9)3-5(7)4-11-12/h1-5,12H/t5-,7-/m1/s1. The van der Waals surface area contributed by atoms with E-state index in [4.69, 9.17) is 16.8 Å². The van der Waals surface area contributed by atoms with E-state index in [9.17, 15) is 8.78 Å². The molecule has 0 aromatic heterocycles. The van der Waals surface area contributed by atoms with Gasteiger partial charge in [0.05, 0.1) is 12.1 Å². The number of nitrogens with zero attached hydrogens (tertiary/aromatic N) is 1. The van der Waals surface area contributed by atoms with Crippen molar-refractivity contribution in [2.75, 3.05) is 0 Å². The Balaban J connectivity index is 2.90. The minimum Gasteiger partial charge on any atom is -0.411 e. The lowest BCUT2D eigenvalue weighted by Crippen LogP contribution is -2.26. The highest BCUT2D eigenvalue weighted by Gasteiger charge is 2.34. The molecule has 0 aromatic carbocycles. The molecule has 5 heteroatoms. The molecule has 1 aliphatic rings. The van der Waals surface area contributed by atoms with Crippen LogP contribution < -0.4 is 0 Å². The molecule has 0 unspecified atom stereocenters. The highest BCUT2D eigenvalue weighted by molar-refractivity contribution is 6.25. The molecule has 0 radical (unpaired) electrons. The van der Waals surface area contributed by atoms with Crippen molar-refractivity contribution in [2.24, 2.45) is 11.1 Å². The summed E-state index contributed by atoms with van der Waals surface area (Å²) in [6.07, 6.45) is 3.56. The van der Waals surface area contributed by atoms with E-state index in [-0.39, 0.29) is 0 Å². The second-order valence-corrected chi connectivity index (χ2v) is 2.93. The number of hydrogen-bond donors (Lipinski definition) is 1. The molecule has 2 atom stereocenters. The van der Waals surface area contributed by atoms with Crippen molar-refractivity contribution in [2.45, 2.75) is 5.13 Å². The third kappa shape index (κ3) is 1.82. The van der Waals surface area contributed by atoms with Gasteiger partial charge in [-0.25, -0.2) is 8.78 Å². The molecule has 0 saturated carbocycles. The minimum atomic E-state index is -2.21. The third-order valence-electron chi connectivity index (χ3n) is 1.48. The molecule has 1 aliphatic carbocycles. The number of allylic oxidation sites excluding steroid dienone is 4. The van der Waals surface area contributed by atoms with Crippen LogP contribution in [0.15, 0.2) is 29.2 Å². The van der Waals surface area contributed by atoms with Crippen LogP contribution in [0.2, 0.25) is 0 Å². The van der Waals surface area contributed by atoms with Gasteiger partial charge in [-0.1, -0.05) is 11.6 Å². The Bertz CT molecular complexity index is 260. The molecule has 0 aliphatic heterocycles. The Morgan fingerprint density at radius 2 is 2.42 bits per heavy atom. The van der Waals surface area contributed by atoms with Crippen molar-refractivity contribution in [1.29, 1.82) is 0 Å². The Hall–Kier alpha value is -0.900. The van der Waals surface area contributed by atoms with Crippen LogP contribution in [0.3, 0.4) is 0 Å². The first kappa shape index (κ1) is 9.19. The number of rotatable bonds is 1. The molecule has 0 aromatic rings. The Morgan fingerprint density at radius 1 is 1.75 bits per heavy atom. The summed E-state index contributed by atoms with van der Waals surface area (Å²) in [6.45, 7) is 0. The molecule has 0 bridgehead atoms. The molecule has 0 amide bonds. The topological polar surface area (TPSA) is 32.6 Å². The van der Waals surface area contributed by atoms with E-state index in [0.29, 0.717) is 0 Å². The van der Waals surface area contributed by atoms with Gasteiger partial charge in [0.15, 0.2) is 0 Å². The minimum absolute atomic E-state index is 0.603. The van der Waals surface area contributed by atoms with Crippen LogP contribution in [0.25, 0.3) is 0 Å². The quantitative estimate of drug-likeness (QED) is 0.295. The molecule has 12 heavy (non-hydrogen) atoms. The first-order valence-corrected chi connectivity index (χ1v) is 3.56. The maximum absolute atomic E-state index is 13.2.